The van der Waals surface area contributed by atoms with Crippen LogP contribution < -0.4 is 5.73 Å². The first kappa shape index (κ1) is 9.65. The van der Waals surface area contributed by atoms with Gasteiger partial charge in [-0.1, -0.05) is 0 Å². The Labute approximate surface area is 84.5 Å². The smallest absolute Gasteiger partial charge is 0.138 e. The Morgan fingerprint density at radius 1 is 1.64 bits per heavy atom. The maximum absolute atomic E-state index is 6.03. The third-order valence-corrected chi connectivity index (χ3v) is 2.92. The molecule has 0 bridgehead atoms. The van der Waals surface area contributed by atoms with E-state index in [1.165, 1.54) is 12.8 Å². The van der Waals surface area contributed by atoms with E-state index in [0.29, 0.717) is 6.04 Å². The van der Waals surface area contributed by atoms with Gasteiger partial charge in [0.2, 0.25) is 0 Å². The standard InChI is InChI=1S/C10H18N4/c1-2-14-10(12-7-13-14)6-5-9(11)8-3-4-8/h7-9H,2-6,11H2,1H3. The van der Waals surface area contributed by atoms with Gasteiger partial charge in [-0.15, -0.1) is 0 Å². The van der Waals surface area contributed by atoms with Gasteiger partial charge in [0, 0.05) is 19.0 Å². The monoisotopic (exact) mass is 194 g/mol. The van der Waals surface area contributed by atoms with Crippen molar-refractivity contribution < 1.29 is 0 Å². The van der Waals surface area contributed by atoms with Crippen molar-refractivity contribution in [1.82, 2.24) is 14.8 Å². The van der Waals surface area contributed by atoms with Crippen molar-refractivity contribution in [3.8, 4) is 0 Å². The summed E-state index contributed by atoms with van der Waals surface area (Å²) in [5.41, 5.74) is 6.03. The molecule has 1 saturated carbocycles. The van der Waals surface area contributed by atoms with Crippen molar-refractivity contribution in [3.05, 3.63) is 12.2 Å². The van der Waals surface area contributed by atoms with Crippen LogP contribution in [0.5, 0.6) is 0 Å². The minimum absolute atomic E-state index is 0.372. The zero-order chi connectivity index (χ0) is 9.97. The Morgan fingerprint density at radius 2 is 2.43 bits per heavy atom. The summed E-state index contributed by atoms with van der Waals surface area (Å²) in [6, 6.07) is 0.372. The Balaban J connectivity index is 1.84. The maximum atomic E-state index is 6.03. The summed E-state index contributed by atoms with van der Waals surface area (Å²) in [5.74, 6) is 1.86. The SMILES string of the molecule is CCn1ncnc1CCC(N)C1CC1. The molecular formula is C10H18N4. The van der Waals surface area contributed by atoms with Gasteiger partial charge >= 0.3 is 0 Å². The van der Waals surface area contributed by atoms with Crippen LogP contribution in [0, 0.1) is 5.92 Å². The van der Waals surface area contributed by atoms with Crippen LogP contribution in [0.3, 0.4) is 0 Å². The van der Waals surface area contributed by atoms with E-state index < -0.39 is 0 Å². The van der Waals surface area contributed by atoms with Crippen molar-refractivity contribution in [3.63, 3.8) is 0 Å². The lowest BCUT2D eigenvalue weighted by Crippen LogP contribution is -2.23. The molecule has 1 heterocycles. The van der Waals surface area contributed by atoms with Crippen molar-refractivity contribution in [2.75, 3.05) is 0 Å². The number of rotatable bonds is 5. The fraction of sp³-hybridized carbons (Fsp3) is 0.800. The molecule has 1 aromatic heterocycles. The summed E-state index contributed by atoms with van der Waals surface area (Å²) < 4.78 is 1.94. The van der Waals surface area contributed by atoms with Gasteiger partial charge in [-0.25, -0.2) is 4.98 Å². The minimum atomic E-state index is 0.372. The van der Waals surface area contributed by atoms with E-state index in [9.17, 15) is 0 Å². The molecule has 14 heavy (non-hydrogen) atoms. The average molecular weight is 194 g/mol. The normalized spacial score (nSPS) is 18.4. The Morgan fingerprint density at radius 3 is 3.07 bits per heavy atom. The van der Waals surface area contributed by atoms with Gasteiger partial charge in [0.1, 0.15) is 12.2 Å². The number of hydrogen-bond donors (Lipinski definition) is 1. The lowest BCUT2D eigenvalue weighted by atomic mass is 10.1. The van der Waals surface area contributed by atoms with Crippen LogP contribution in [0.2, 0.25) is 0 Å². The molecule has 0 amide bonds. The molecule has 0 spiro atoms. The highest BCUT2D eigenvalue weighted by Crippen LogP contribution is 2.33. The van der Waals surface area contributed by atoms with Crippen LogP contribution in [-0.2, 0) is 13.0 Å². The molecule has 0 radical (unpaired) electrons. The molecule has 4 nitrogen and oxygen atoms in total. The molecule has 2 N–H and O–H groups in total. The molecule has 1 aliphatic carbocycles. The van der Waals surface area contributed by atoms with Gasteiger partial charge in [0.15, 0.2) is 0 Å². The zero-order valence-electron chi connectivity index (χ0n) is 8.69. The Bertz CT molecular complexity index is 290. The minimum Gasteiger partial charge on any atom is -0.327 e. The molecule has 1 aromatic rings. The van der Waals surface area contributed by atoms with Crippen LogP contribution in [0.25, 0.3) is 0 Å². The van der Waals surface area contributed by atoms with Gasteiger partial charge < -0.3 is 5.73 Å². The van der Waals surface area contributed by atoms with E-state index >= 15 is 0 Å². The molecule has 4 heteroatoms. The highest BCUT2D eigenvalue weighted by molar-refractivity contribution is 4.90. The fourth-order valence-electron chi connectivity index (χ4n) is 1.80. The third-order valence-electron chi connectivity index (χ3n) is 2.92. The zero-order valence-corrected chi connectivity index (χ0v) is 8.69. The molecule has 78 valence electrons. The molecule has 1 atom stereocenters. The molecule has 1 fully saturated rings. The van der Waals surface area contributed by atoms with Gasteiger partial charge in [-0.3, -0.25) is 4.68 Å². The topological polar surface area (TPSA) is 56.7 Å². The van der Waals surface area contributed by atoms with E-state index in [4.69, 9.17) is 5.73 Å². The van der Waals surface area contributed by atoms with Gasteiger partial charge in [-0.2, -0.15) is 5.10 Å². The fourth-order valence-corrected chi connectivity index (χ4v) is 1.80. The molecule has 2 rings (SSSR count). The van der Waals surface area contributed by atoms with Crippen LogP contribution in [0.4, 0.5) is 0 Å². The van der Waals surface area contributed by atoms with Crippen molar-refractivity contribution in [2.45, 2.75) is 45.2 Å². The van der Waals surface area contributed by atoms with E-state index in [0.717, 1.165) is 31.1 Å². The molecule has 0 aliphatic heterocycles. The van der Waals surface area contributed by atoms with Crippen molar-refractivity contribution in [1.29, 1.82) is 0 Å². The summed E-state index contributed by atoms with van der Waals surface area (Å²) >= 11 is 0. The van der Waals surface area contributed by atoms with E-state index in [-0.39, 0.29) is 0 Å². The van der Waals surface area contributed by atoms with Crippen molar-refractivity contribution >= 4 is 0 Å². The highest BCUT2D eigenvalue weighted by atomic mass is 15.3. The van der Waals surface area contributed by atoms with Crippen LogP contribution in [0.15, 0.2) is 6.33 Å². The number of nitrogens with two attached hydrogens (primary N) is 1. The summed E-state index contributed by atoms with van der Waals surface area (Å²) in [6.07, 6.45) is 6.28. The predicted molar refractivity (Wildman–Crippen MR) is 54.7 cm³/mol. The summed E-state index contributed by atoms with van der Waals surface area (Å²) in [4.78, 5) is 4.24. The quantitative estimate of drug-likeness (QED) is 0.759. The number of hydrogen-bond acceptors (Lipinski definition) is 3. The van der Waals surface area contributed by atoms with E-state index in [1.54, 1.807) is 6.33 Å². The molecule has 1 aliphatic rings. The summed E-state index contributed by atoms with van der Waals surface area (Å²) in [7, 11) is 0. The largest absolute Gasteiger partial charge is 0.327 e. The van der Waals surface area contributed by atoms with Crippen LogP contribution >= 0.6 is 0 Å². The lowest BCUT2D eigenvalue weighted by Gasteiger charge is -2.09. The highest BCUT2D eigenvalue weighted by Gasteiger charge is 2.28. The van der Waals surface area contributed by atoms with Gasteiger partial charge in [0.05, 0.1) is 0 Å². The predicted octanol–water partition coefficient (Wildman–Crippen LogP) is 0.968. The first-order valence-corrected chi connectivity index (χ1v) is 5.43. The van der Waals surface area contributed by atoms with E-state index in [1.807, 2.05) is 4.68 Å². The third kappa shape index (κ3) is 2.12. The molecule has 0 saturated heterocycles. The number of aromatic nitrogens is 3. The first-order valence-electron chi connectivity index (χ1n) is 5.43. The van der Waals surface area contributed by atoms with Gasteiger partial charge in [0.25, 0.3) is 0 Å². The maximum Gasteiger partial charge on any atom is 0.138 e. The second-order valence-corrected chi connectivity index (χ2v) is 4.03. The molecule has 1 unspecified atom stereocenters. The molecular weight excluding hydrogens is 176 g/mol. The van der Waals surface area contributed by atoms with Crippen LogP contribution in [-0.4, -0.2) is 20.8 Å². The second kappa shape index (κ2) is 4.09. The number of nitrogens with zero attached hydrogens (tertiary/aromatic N) is 3. The first-order chi connectivity index (χ1) is 6.81. The Kier molecular flexibility index (Phi) is 2.82. The summed E-state index contributed by atoms with van der Waals surface area (Å²) in [5, 5.41) is 4.14. The second-order valence-electron chi connectivity index (χ2n) is 4.03. The van der Waals surface area contributed by atoms with Crippen molar-refractivity contribution in [2.24, 2.45) is 11.7 Å². The lowest BCUT2D eigenvalue weighted by molar-refractivity contribution is 0.522. The summed E-state index contributed by atoms with van der Waals surface area (Å²) in [6.45, 7) is 2.98. The Hall–Kier alpha value is -0.900. The van der Waals surface area contributed by atoms with E-state index in [2.05, 4.69) is 17.0 Å². The molecule has 0 aromatic carbocycles. The van der Waals surface area contributed by atoms with Crippen LogP contribution in [0.1, 0.15) is 32.0 Å². The van der Waals surface area contributed by atoms with Gasteiger partial charge in [-0.05, 0) is 32.1 Å². The average Bonchev–Trinajstić information content (AvgIpc) is 2.94. The number of aryl methyl sites for hydroxylation is 2.